The lowest BCUT2D eigenvalue weighted by Crippen LogP contribution is -2.10. The maximum Gasteiger partial charge on any atom is 0.159 e. The lowest BCUT2D eigenvalue weighted by molar-refractivity contribution is 0.668. The third kappa shape index (κ3) is 5.65. The van der Waals surface area contributed by atoms with Crippen LogP contribution in [-0.4, -0.2) is 0 Å². The van der Waals surface area contributed by atoms with Gasteiger partial charge in [0.1, 0.15) is 11.2 Å². The first-order valence-electron chi connectivity index (χ1n) is 22.9. The third-order valence-electron chi connectivity index (χ3n) is 13.7. The van der Waals surface area contributed by atoms with E-state index in [0.29, 0.717) is 0 Å². The van der Waals surface area contributed by atoms with Crippen molar-refractivity contribution in [3.8, 4) is 0 Å². The fourth-order valence-electron chi connectivity index (χ4n) is 10.7. The number of thiophene rings is 2. The first-order valence-corrected chi connectivity index (χ1v) is 24.5. The molecule has 0 aliphatic heterocycles. The molecule has 0 aliphatic carbocycles. The minimum atomic E-state index is 0.879. The summed E-state index contributed by atoms with van der Waals surface area (Å²) in [5, 5.41) is 14.6. The second-order valence-corrected chi connectivity index (χ2v) is 19.8. The molecular weight excluding hydrogens is 869 g/mol. The Bertz CT molecular complexity index is 4230. The molecule has 0 bridgehead atoms. The predicted molar refractivity (Wildman–Crippen MR) is 291 cm³/mol. The molecule has 0 spiro atoms. The first-order chi connectivity index (χ1) is 33.7. The molecule has 4 aromatic heterocycles. The lowest BCUT2D eigenvalue weighted by Gasteiger charge is -2.25. The van der Waals surface area contributed by atoms with E-state index >= 15 is 0 Å². The molecule has 0 N–H and O–H groups in total. The molecule has 318 valence electrons. The molecule has 6 heteroatoms. The summed E-state index contributed by atoms with van der Waals surface area (Å²) in [6.45, 7) is 0. The molecule has 0 amide bonds. The van der Waals surface area contributed by atoms with Gasteiger partial charge in [0, 0.05) is 84.6 Å². The number of furan rings is 2. The first kappa shape index (κ1) is 37.8. The van der Waals surface area contributed by atoms with Crippen molar-refractivity contribution in [1.29, 1.82) is 0 Å². The van der Waals surface area contributed by atoms with Gasteiger partial charge in [0.2, 0.25) is 0 Å². The van der Waals surface area contributed by atoms with E-state index in [2.05, 4.69) is 216 Å². The van der Waals surface area contributed by atoms with Crippen LogP contribution in [-0.2, 0) is 0 Å². The Balaban J connectivity index is 0.867. The molecule has 0 unspecified atom stereocenters. The van der Waals surface area contributed by atoms with Crippen molar-refractivity contribution in [3.05, 3.63) is 218 Å². The third-order valence-corrected chi connectivity index (χ3v) is 16.0. The number of hydrogen-bond donors (Lipinski definition) is 0. The fraction of sp³-hybridized carbons (Fsp3) is 0. The van der Waals surface area contributed by atoms with E-state index in [4.69, 9.17) is 8.83 Å². The normalized spacial score (nSPS) is 12.1. The number of rotatable bonds is 6. The van der Waals surface area contributed by atoms with Gasteiger partial charge >= 0.3 is 0 Å². The van der Waals surface area contributed by atoms with Crippen molar-refractivity contribution < 1.29 is 8.83 Å². The molecular formula is C62H36N2O2S2. The summed E-state index contributed by atoms with van der Waals surface area (Å²) >= 11 is 3.77. The van der Waals surface area contributed by atoms with E-state index < -0.39 is 0 Å². The van der Waals surface area contributed by atoms with E-state index in [1.165, 1.54) is 61.9 Å². The number of fused-ring (bicyclic) bond motifs is 15. The van der Waals surface area contributed by atoms with Crippen LogP contribution >= 0.6 is 22.7 Å². The molecule has 11 aromatic carbocycles. The van der Waals surface area contributed by atoms with Crippen molar-refractivity contribution in [2.75, 3.05) is 9.80 Å². The lowest BCUT2D eigenvalue weighted by atomic mass is 10.00. The molecule has 0 atom stereocenters. The Labute approximate surface area is 397 Å². The highest BCUT2D eigenvalue weighted by Crippen LogP contribution is 2.49. The van der Waals surface area contributed by atoms with Gasteiger partial charge in [-0.25, -0.2) is 0 Å². The van der Waals surface area contributed by atoms with Crippen molar-refractivity contribution >= 4 is 163 Å². The van der Waals surface area contributed by atoms with Gasteiger partial charge in [-0.1, -0.05) is 109 Å². The van der Waals surface area contributed by atoms with Crippen LogP contribution in [0.2, 0.25) is 0 Å². The minimum absolute atomic E-state index is 0.879. The summed E-state index contributed by atoms with van der Waals surface area (Å²) in [6, 6.07) is 78.8. The standard InChI is InChI=1S/C62H36N2O2S2/c1-3-13-41(14-4-1)63(51-21-11-19-47-45-17-7-9-23-53(45)65-61(47)51)43-27-25-37-33-49-57(35-39(37)31-43)67-55-29-30-56-60(59(49)55)50-34-38-26-28-44(32-40(38)36-58(50)68-56)64(42-15-5-2-6-16-42)52-22-12-20-48-46-18-8-10-24-54(46)66-62(48)52/h1-36H. The molecule has 4 nitrogen and oxygen atoms in total. The van der Waals surface area contributed by atoms with E-state index in [-0.39, 0.29) is 0 Å². The van der Waals surface area contributed by atoms with Gasteiger partial charge in [-0.05, 0) is 131 Å². The zero-order valence-corrected chi connectivity index (χ0v) is 37.9. The molecule has 0 saturated heterocycles. The Morgan fingerprint density at radius 1 is 0.279 bits per heavy atom. The summed E-state index contributed by atoms with van der Waals surface area (Å²) < 4.78 is 18.4. The second kappa shape index (κ2) is 14.5. The molecule has 0 saturated carbocycles. The number of anilines is 6. The van der Waals surface area contributed by atoms with Gasteiger partial charge in [-0.3, -0.25) is 0 Å². The molecule has 68 heavy (non-hydrogen) atoms. The van der Waals surface area contributed by atoms with Crippen LogP contribution in [0.25, 0.3) is 106 Å². The van der Waals surface area contributed by atoms with Gasteiger partial charge in [0.05, 0.1) is 11.4 Å². The Morgan fingerprint density at radius 2 is 0.706 bits per heavy atom. The van der Waals surface area contributed by atoms with Gasteiger partial charge in [-0.15, -0.1) is 22.7 Å². The van der Waals surface area contributed by atoms with Gasteiger partial charge < -0.3 is 18.6 Å². The highest BCUT2D eigenvalue weighted by molar-refractivity contribution is 7.28. The Kier molecular flexibility index (Phi) is 8.07. The van der Waals surface area contributed by atoms with Crippen LogP contribution in [0.15, 0.2) is 227 Å². The number of para-hydroxylation sites is 6. The van der Waals surface area contributed by atoms with Gasteiger partial charge in [-0.2, -0.15) is 0 Å². The summed E-state index contributed by atoms with van der Waals surface area (Å²) in [5.74, 6) is 0. The van der Waals surface area contributed by atoms with E-state index in [9.17, 15) is 0 Å². The Morgan fingerprint density at radius 3 is 1.18 bits per heavy atom. The van der Waals surface area contributed by atoms with Crippen LogP contribution < -0.4 is 9.80 Å². The second-order valence-electron chi connectivity index (χ2n) is 17.6. The van der Waals surface area contributed by atoms with E-state index in [0.717, 1.165) is 78.0 Å². The number of benzene rings is 11. The highest BCUT2D eigenvalue weighted by Gasteiger charge is 2.23. The quantitative estimate of drug-likeness (QED) is 0.166. The molecule has 15 aromatic rings. The van der Waals surface area contributed by atoms with E-state index in [1.54, 1.807) is 0 Å². The Hall–Kier alpha value is -8.42. The average Bonchev–Trinajstić information content (AvgIpc) is 4.16. The molecule has 0 fully saturated rings. The molecule has 0 radical (unpaired) electrons. The fourth-order valence-corrected chi connectivity index (χ4v) is 13.0. The zero-order chi connectivity index (χ0) is 44.5. The van der Waals surface area contributed by atoms with Crippen molar-refractivity contribution in [2.45, 2.75) is 0 Å². The average molecular weight is 905 g/mol. The summed E-state index contributed by atoms with van der Waals surface area (Å²) in [7, 11) is 0. The predicted octanol–water partition coefficient (Wildman–Crippen LogP) is 19.5. The maximum atomic E-state index is 6.59. The SMILES string of the molecule is c1ccc(N(c2ccc3cc4c(cc3c2)sc2ccc3sc5cc6cc(N(c7ccccc7)c7cccc8c7oc7ccccc78)ccc6cc5c3c24)c2cccc3c2oc2ccccc23)cc1. The van der Waals surface area contributed by atoms with Crippen LogP contribution in [0.1, 0.15) is 0 Å². The number of nitrogens with zero attached hydrogens (tertiary/aromatic N) is 2. The molecule has 0 aliphatic rings. The number of hydrogen-bond acceptors (Lipinski definition) is 6. The monoisotopic (exact) mass is 904 g/mol. The largest absolute Gasteiger partial charge is 0.454 e. The highest BCUT2D eigenvalue weighted by atomic mass is 32.1. The smallest absolute Gasteiger partial charge is 0.159 e. The molecule has 4 heterocycles. The van der Waals surface area contributed by atoms with Crippen molar-refractivity contribution in [2.24, 2.45) is 0 Å². The topological polar surface area (TPSA) is 32.8 Å². The maximum absolute atomic E-state index is 6.59. The summed E-state index contributed by atoms with van der Waals surface area (Å²) in [5.41, 5.74) is 9.87. The van der Waals surface area contributed by atoms with Gasteiger partial charge in [0.15, 0.2) is 11.2 Å². The van der Waals surface area contributed by atoms with Crippen LogP contribution in [0.3, 0.4) is 0 Å². The summed E-state index contributed by atoms with van der Waals surface area (Å²) in [4.78, 5) is 4.65. The van der Waals surface area contributed by atoms with Crippen LogP contribution in [0.5, 0.6) is 0 Å². The van der Waals surface area contributed by atoms with Gasteiger partial charge in [0.25, 0.3) is 0 Å². The summed E-state index contributed by atoms with van der Waals surface area (Å²) in [6.07, 6.45) is 0. The minimum Gasteiger partial charge on any atom is -0.454 e. The van der Waals surface area contributed by atoms with E-state index in [1.807, 2.05) is 34.8 Å². The van der Waals surface area contributed by atoms with Crippen LogP contribution in [0, 0.1) is 0 Å². The van der Waals surface area contributed by atoms with Crippen molar-refractivity contribution in [1.82, 2.24) is 0 Å². The van der Waals surface area contributed by atoms with Crippen LogP contribution in [0.4, 0.5) is 34.1 Å². The van der Waals surface area contributed by atoms with Crippen molar-refractivity contribution in [3.63, 3.8) is 0 Å². The zero-order valence-electron chi connectivity index (χ0n) is 36.3. The molecule has 15 rings (SSSR count).